The Kier molecular flexibility index (Phi) is 10.0. The highest BCUT2D eigenvalue weighted by Gasteiger charge is 2.13. The molecule has 2 N–H and O–H groups in total. The van der Waals surface area contributed by atoms with Gasteiger partial charge in [0.1, 0.15) is 0 Å². The highest BCUT2D eigenvalue weighted by Crippen LogP contribution is 2.28. The van der Waals surface area contributed by atoms with Crippen LogP contribution in [0.2, 0.25) is 0 Å². The number of rotatable bonds is 7. The molecule has 22 heavy (non-hydrogen) atoms. The van der Waals surface area contributed by atoms with E-state index in [0.29, 0.717) is 0 Å². The second-order valence-electron chi connectivity index (χ2n) is 5.73. The van der Waals surface area contributed by atoms with Gasteiger partial charge in [0.05, 0.1) is 17.2 Å². The molecular formula is C16H29IN4S. The lowest BCUT2D eigenvalue weighted by Crippen LogP contribution is -2.37. The largest absolute Gasteiger partial charge is 0.356 e. The molecule has 0 spiro atoms. The van der Waals surface area contributed by atoms with E-state index in [0.717, 1.165) is 37.1 Å². The average molecular weight is 436 g/mol. The summed E-state index contributed by atoms with van der Waals surface area (Å²) in [6.07, 6.45) is 9.37. The topological polar surface area (TPSA) is 49.3 Å². The smallest absolute Gasteiger partial charge is 0.191 e. The van der Waals surface area contributed by atoms with Crippen molar-refractivity contribution < 1.29 is 0 Å². The van der Waals surface area contributed by atoms with E-state index in [1.165, 1.54) is 43.5 Å². The molecule has 1 saturated carbocycles. The predicted molar refractivity (Wildman–Crippen MR) is 106 cm³/mol. The van der Waals surface area contributed by atoms with Gasteiger partial charge in [-0.15, -0.1) is 35.3 Å². The van der Waals surface area contributed by atoms with Crippen molar-refractivity contribution in [2.75, 3.05) is 13.6 Å². The van der Waals surface area contributed by atoms with Gasteiger partial charge in [-0.1, -0.05) is 32.6 Å². The number of guanidine groups is 1. The number of aromatic nitrogens is 1. The Morgan fingerprint density at radius 1 is 1.36 bits per heavy atom. The highest BCUT2D eigenvalue weighted by molar-refractivity contribution is 14.0. The Labute approximate surface area is 155 Å². The van der Waals surface area contributed by atoms with E-state index in [1.54, 1.807) is 11.3 Å². The molecule has 1 aromatic heterocycles. The van der Waals surface area contributed by atoms with E-state index >= 15 is 0 Å². The molecule has 0 atom stereocenters. The summed E-state index contributed by atoms with van der Waals surface area (Å²) in [5.74, 6) is 1.86. The maximum Gasteiger partial charge on any atom is 0.191 e. The summed E-state index contributed by atoms with van der Waals surface area (Å²) >= 11 is 1.73. The molecule has 1 aromatic rings. The third-order valence-corrected chi connectivity index (χ3v) is 5.16. The Morgan fingerprint density at radius 3 is 2.77 bits per heavy atom. The van der Waals surface area contributed by atoms with Gasteiger partial charge in [0, 0.05) is 19.0 Å². The zero-order valence-corrected chi connectivity index (χ0v) is 16.9. The van der Waals surface area contributed by atoms with Crippen LogP contribution >= 0.6 is 35.3 Å². The van der Waals surface area contributed by atoms with E-state index in [-0.39, 0.29) is 24.0 Å². The van der Waals surface area contributed by atoms with Crippen molar-refractivity contribution in [3.8, 4) is 0 Å². The van der Waals surface area contributed by atoms with E-state index < -0.39 is 0 Å². The normalized spacial score (nSPS) is 15.6. The Balaban J connectivity index is 0.00000242. The molecule has 1 aliphatic carbocycles. The minimum atomic E-state index is 0. The maximum atomic E-state index is 4.56. The molecule has 0 aromatic carbocycles. The number of nitrogens with zero attached hydrogens (tertiary/aromatic N) is 2. The lowest BCUT2D eigenvalue weighted by Gasteiger charge is -2.12. The van der Waals surface area contributed by atoms with Gasteiger partial charge in [-0.25, -0.2) is 4.98 Å². The lowest BCUT2D eigenvalue weighted by molar-refractivity contribution is 0.481. The quantitative estimate of drug-likeness (QED) is 0.295. The predicted octanol–water partition coefficient (Wildman–Crippen LogP) is 3.96. The second kappa shape index (κ2) is 11.2. The van der Waals surface area contributed by atoms with Gasteiger partial charge in [0.15, 0.2) is 5.96 Å². The average Bonchev–Trinajstić information content (AvgIpc) is 3.17. The number of hydrogen-bond donors (Lipinski definition) is 2. The van der Waals surface area contributed by atoms with Crippen LogP contribution in [0.4, 0.5) is 0 Å². The minimum Gasteiger partial charge on any atom is -0.356 e. The maximum absolute atomic E-state index is 4.56. The van der Waals surface area contributed by atoms with Crippen molar-refractivity contribution >= 4 is 41.3 Å². The first kappa shape index (κ1) is 19.7. The minimum absolute atomic E-state index is 0. The highest BCUT2D eigenvalue weighted by atomic mass is 127. The van der Waals surface area contributed by atoms with Crippen molar-refractivity contribution in [3.63, 3.8) is 0 Å². The SMILES string of the molecule is CCc1nc(CNC(=NC)NCCCC2CCCC2)cs1.I. The number of nitrogens with one attached hydrogen (secondary N) is 2. The van der Waals surface area contributed by atoms with Crippen LogP contribution in [0.5, 0.6) is 0 Å². The van der Waals surface area contributed by atoms with Crippen molar-refractivity contribution in [2.24, 2.45) is 10.9 Å². The molecular weight excluding hydrogens is 407 g/mol. The van der Waals surface area contributed by atoms with Crippen LogP contribution in [0.25, 0.3) is 0 Å². The molecule has 1 fully saturated rings. The molecule has 126 valence electrons. The summed E-state index contributed by atoms with van der Waals surface area (Å²) in [6, 6.07) is 0. The Hall–Kier alpha value is -0.370. The summed E-state index contributed by atoms with van der Waals surface area (Å²) in [5.41, 5.74) is 1.10. The number of halogens is 1. The fourth-order valence-electron chi connectivity index (χ4n) is 2.88. The molecule has 1 heterocycles. The molecule has 0 amide bonds. The summed E-state index contributed by atoms with van der Waals surface area (Å²) in [6.45, 7) is 3.90. The fourth-order valence-corrected chi connectivity index (χ4v) is 3.63. The number of hydrogen-bond acceptors (Lipinski definition) is 3. The summed E-state index contributed by atoms with van der Waals surface area (Å²) in [5, 5.41) is 10.1. The van der Waals surface area contributed by atoms with Crippen LogP contribution in [-0.4, -0.2) is 24.5 Å². The van der Waals surface area contributed by atoms with Crippen LogP contribution in [0.15, 0.2) is 10.4 Å². The van der Waals surface area contributed by atoms with Crippen molar-refractivity contribution in [2.45, 2.75) is 58.4 Å². The zero-order chi connectivity index (χ0) is 14.9. The lowest BCUT2D eigenvalue weighted by atomic mass is 10.0. The van der Waals surface area contributed by atoms with Crippen molar-refractivity contribution in [1.82, 2.24) is 15.6 Å². The van der Waals surface area contributed by atoms with E-state index in [9.17, 15) is 0 Å². The second-order valence-corrected chi connectivity index (χ2v) is 6.67. The van der Waals surface area contributed by atoms with Gasteiger partial charge in [0.2, 0.25) is 0 Å². The monoisotopic (exact) mass is 436 g/mol. The Bertz CT molecular complexity index is 441. The standard InChI is InChI=1S/C16H28N4S.HI/c1-3-15-20-14(12-21-15)11-19-16(17-2)18-10-6-9-13-7-4-5-8-13;/h12-13H,3-11H2,1-2H3,(H2,17,18,19);1H. The van der Waals surface area contributed by atoms with Gasteiger partial charge in [-0.2, -0.15) is 0 Å². The molecule has 1 aliphatic rings. The molecule has 0 unspecified atom stereocenters. The first-order valence-electron chi connectivity index (χ1n) is 8.19. The molecule has 6 heteroatoms. The van der Waals surface area contributed by atoms with Crippen LogP contribution in [0.1, 0.15) is 56.2 Å². The number of thiazole rings is 1. The van der Waals surface area contributed by atoms with Gasteiger partial charge >= 0.3 is 0 Å². The van der Waals surface area contributed by atoms with Crippen molar-refractivity contribution in [3.05, 3.63) is 16.1 Å². The van der Waals surface area contributed by atoms with Gasteiger partial charge in [0.25, 0.3) is 0 Å². The van der Waals surface area contributed by atoms with Gasteiger partial charge < -0.3 is 10.6 Å². The molecule has 0 bridgehead atoms. The number of aryl methyl sites for hydroxylation is 1. The van der Waals surface area contributed by atoms with E-state index in [2.05, 4.69) is 32.9 Å². The van der Waals surface area contributed by atoms with Crippen LogP contribution in [-0.2, 0) is 13.0 Å². The van der Waals surface area contributed by atoms with Crippen LogP contribution in [0, 0.1) is 5.92 Å². The third-order valence-electron chi connectivity index (χ3n) is 4.12. The Morgan fingerprint density at radius 2 is 2.14 bits per heavy atom. The van der Waals surface area contributed by atoms with Gasteiger partial charge in [-0.3, -0.25) is 4.99 Å². The van der Waals surface area contributed by atoms with Crippen LogP contribution in [0.3, 0.4) is 0 Å². The summed E-state index contributed by atoms with van der Waals surface area (Å²) in [4.78, 5) is 8.83. The third kappa shape index (κ3) is 6.81. The molecule has 0 aliphatic heterocycles. The number of aliphatic imine (C=N–C) groups is 1. The molecule has 0 radical (unpaired) electrons. The first-order chi connectivity index (χ1) is 10.3. The van der Waals surface area contributed by atoms with E-state index in [4.69, 9.17) is 0 Å². The molecule has 4 nitrogen and oxygen atoms in total. The van der Waals surface area contributed by atoms with Crippen LogP contribution < -0.4 is 10.6 Å². The molecule has 2 rings (SSSR count). The fraction of sp³-hybridized carbons (Fsp3) is 0.750. The molecule has 0 saturated heterocycles. The summed E-state index contributed by atoms with van der Waals surface area (Å²) < 4.78 is 0. The zero-order valence-electron chi connectivity index (χ0n) is 13.7. The van der Waals surface area contributed by atoms with E-state index in [1.807, 2.05) is 7.05 Å². The van der Waals surface area contributed by atoms with Gasteiger partial charge in [-0.05, 0) is 25.2 Å². The summed E-state index contributed by atoms with van der Waals surface area (Å²) in [7, 11) is 1.82. The first-order valence-corrected chi connectivity index (χ1v) is 9.07. The van der Waals surface area contributed by atoms with Crippen molar-refractivity contribution in [1.29, 1.82) is 0 Å².